The lowest BCUT2D eigenvalue weighted by atomic mass is 9.75. The molecule has 0 amide bonds. The average molecular weight is 436 g/mol. The maximum Gasteiger partial charge on any atom is 0.195 e. The van der Waals surface area contributed by atoms with E-state index in [-0.39, 0.29) is 17.7 Å². The Kier molecular flexibility index (Phi) is 4.62. The normalized spacial score (nSPS) is 21.1. The smallest absolute Gasteiger partial charge is 0.195 e. The number of carbonyl (C=O) groups is 1. The molecule has 156 valence electrons. The number of allylic oxidation sites excluding steroid dienone is 2. The second-order valence-electron chi connectivity index (χ2n) is 8.66. The Bertz CT molecular complexity index is 1370. The van der Waals surface area contributed by atoms with Crippen LogP contribution in [-0.4, -0.2) is 5.78 Å². The molecule has 3 heteroatoms. The number of hydrogen-bond donors (Lipinski definition) is 1. The number of halogens is 1. The third-order valence-corrected chi connectivity index (χ3v) is 7.09. The van der Waals surface area contributed by atoms with Gasteiger partial charge in [-0.05, 0) is 46.4 Å². The van der Waals surface area contributed by atoms with Gasteiger partial charge in [-0.1, -0.05) is 96.5 Å². The van der Waals surface area contributed by atoms with Crippen molar-refractivity contribution < 1.29 is 4.79 Å². The van der Waals surface area contributed by atoms with E-state index in [9.17, 15) is 4.79 Å². The molecule has 0 saturated heterocycles. The lowest BCUT2D eigenvalue weighted by Gasteiger charge is -2.39. The number of fused-ring (bicyclic) bond motifs is 4. The molecule has 3 atom stereocenters. The van der Waals surface area contributed by atoms with Crippen LogP contribution in [0.5, 0.6) is 0 Å². The van der Waals surface area contributed by atoms with Crippen LogP contribution in [0.15, 0.2) is 97.1 Å². The predicted molar refractivity (Wildman–Crippen MR) is 132 cm³/mol. The molecule has 0 bridgehead atoms. The fraction of sp³-hybridized carbons (Fsp3) is 0.138. The van der Waals surface area contributed by atoms with Gasteiger partial charge in [0.05, 0.1) is 6.04 Å². The zero-order valence-corrected chi connectivity index (χ0v) is 18.2. The predicted octanol–water partition coefficient (Wildman–Crippen LogP) is 7.55. The second kappa shape index (κ2) is 7.65. The molecule has 32 heavy (non-hydrogen) atoms. The van der Waals surface area contributed by atoms with Gasteiger partial charge in [-0.25, -0.2) is 0 Å². The molecule has 0 aromatic heterocycles. The molecule has 4 aromatic rings. The highest BCUT2D eigenvalue weighted by atomic mass is 35.5. The summed E-state index contributed by atoms with van der Waals surface area (Å²) in [6, 6.07) is 28.4. The Hall–Kier alpha value is -3.36. The van der Waals surface area contributed by atoms with Crippen molar-refractivity contribution in [2.75, 3.05) is 5.32 Å². The van der Waals surface area contributed by atoms with Crippen molar-refractivity contribution in [3.8, 4) is 0 Å². The molecule has 6 rings (SSSR count). The molecule has 4 aromatic carbocycles. The SMILES string of the molecule is O=C(c1ccccc1)c1cc(Cl)cc2c1N[C@H](c1cccc3ccccc13)[C@@H]1CC=C[C@H]21. The van der Waals surface area contributed by atoms with Gasteiger partial charge in [0.15, 0.2) is 5.78 Å². The standard InChI is InChI=1S/C29H22ClNO/c30-20-16-25-22-13-7-15-24(22)27(23-14-6-11-18-8-4-5-12-21(18)23)31-28(25)26(17-20)29(32)19-9-2-1-3-10-19/h1-14,16-17,22,24,27,31H,15H2/t22-,24+,27+/m0/s1. The Balaban J connectivity index is 1.53. The Labute approximate surface area is 192 Å². The summed E-state index contributed by atoms with van der Waals surface area (Å²) in [5, 5.41) is 6.90. The lowest BCUT2D eigenvalue weighted by molar-refractivity contribution is 0.103. The minimum Gasteiger partial charge on any atom is -0.377 e. The molecule has 0 radical (unpaired) electrons. The number of hydrogen-bond acceptors (Lipinski definition) is 2. The van der Waals surface area contributed by atoms with Crippen LogP contribution in [0.3, 0.4) is 0 Å². The molecular weight excluding hydrogens is 414 g/mol. The fourth-order valence-corrected chi connectivity index (χ4v) is 5.64. The first-order chi connectivity index (χ1) is 15.7. The topological polar surface area (TPSA) is 29.1 Å². The fourth-order valence-electron chi connectivity index (χ4n) is 5.42. The van der Waals surface area contributed by atoms with Crippen molar-refractivity contribution in [2.45, 2.75) is 18.4 Å². The minimum atomic E-state index is -0.00561. The van der Waals surface area contributed by atoms with E-state index < -0.39 is 0 Å². The van der Waals surface area contributed by atoms with Crippen molar-refractivity contribution in [1.29, 1.82) is 0 Å². The van der Waals surface area contributed by atoms with Crippen LogP contribution in [0.25, 0.3) is 10.8 Å². The van der Waals surface area contributed by atoms with E-state index in [1.54, 1.807) is 0 Å². The van der Waals surface area contributed by atoms with Gasteiger partial charge >= 0.3 is 0 Å². The van der Waals surface area contributed by atoms with E-state index in [0.717, 1.165) is 17.7 Å². The van der Waals surface area contributed by atoms with Gasteiger partial charge in [-0.2, -0.15) is 0 Å². The molecule has 0 spiro atoms. The lowest BCUT2D eigenvalue weighted by Crippen LogP contribution is -2.30. The highest BCUT2D eigenvalue weighted by molar-refractivity contribution is 6.31. The van der Waals surface area contributed by atoms with E-state index in [1.165, 1.54) is 16.3 Å². The van der Waals surface area contributed by atoms with E-state index in [2.05, 4.69) is 59.9 Å². The first kappa shape index (κ1) is 19.3. The Morgan fingerprint density at radius 3 is 2.53 bits per heavy atom. The zero-order chi connectivity index (χ0) is 21.7. The Morgan fingerprint density at radius 2 is 1.66 bits per heavy atom. The van der Waals surface area contributed by atoms with Crippen molar-refractivity contribution in [1.82, 2.24) is 0 Å². The summed E-state index contributed by atoms with van der Waals surface area (Å²) >= 11 is 6.53. The summed E-state index contributed by atoms with van der Waals surface area (Å²) in [6.07, 6.45) is 5.55. The first-order valence-corrected chi connectivity index (χ1v) is 11.4. The van der Waals surface area contributed by atoms with Gasteiger partial charge in [0.2, 0.25) is 0 Å². The molecule has 0 fully saturated rings. The number of rotatable bonds is 3. The third-order valence-electron chi connectivity index (χ3n) is 6.87. The van der Waals surface area contributed by atoms with E-state index >= 15 is 0 Å². The molecule has 1 N–H and O–H groups in total. The number of ketones is 1. The molecule has 2 nitrogen and oxygen atoms in total. The van der Waals surface area contributed by atoms with Crippen LogP contribution >= 0.6 is 11.6 Å². The maximum absolute atomic E-state index is 13.5. The molecule has 0 unspecified atom stereocenters. The summed E-state index contributed by atoms with van der Waals surface area (Å²) < 4.78 is 0. The van der Waals surface area contributed by atoms with Crippen molar-refractivity contribution >= 4 is 33.8 Å². The molecule has 0 saturated carbocycles. The largest absolute Gasteiger partial charge is 0.377 e. The van der Waals surface area contributed by atoms with Gasteiger partial charge < -0.3 is 5.32 Å². The van der Waals surface area contributed by atoms with E-state index in [4.69, 9.17) is 11.6 Å². The van der Waals surface area contributed by atoms with E-state index in [1.807, 2.05) is 42.5 Å². The second-order valence-corrected chi connectivity index (χ2v) is 9.09. The average Bonchev–Trinajstić information content (AvgIpc) is 3.33. The highest BCUT2D eigenvalue weighted by Gasteiger charge is 2.40. The van der Waals surface area contributed by atoms with Gasteiger partial charge in [0.25, 0.3) is 0 Å². The van der Waals surface area contributed by atoms with Gasteiger partial charge in [0.1, 0.15) is 0 Å². The van der Waals surface area contributed by atoms with Gasteiger partial charge in [-0.15, -0.1) is 0 Å². The summed E-state index contributed by atoms with van der Waals surface area (Å²) in [4.78, 5) is 13.5. The number of anilines is 1. The zero-order valence-electron chi connectivity index (χ0n) is 17.5. The molecule has 1 aliphatic heterocycles. The van der Waals surface area contributed by atoms with Crippen LogP contribution in [0.2, 0.25) is 5.02 Å². The molecule has 1 aliphatic carbocycles. The van der Waals surface area contributed by atoms with Gasteiger partial charge in [0, 0.05) is 27.8 Å². The maximum atomic E-state index is 13.5. The summed E-state index contributed by atoms with van der Waals surface area (Å²) in [7, 11) is 0. The summed E-state index contributed by atoms with van der Waals surface area (Å²) in [6.45, 7) is 0. The number of benzene rings is 4. The minimum absolute atomic E-state index is 0.00561. The van der Waals surface area contributed by atoms with Crippen molar-refractivity contribution in [3.63, 3.8) is 0 Å². The molecule has 1 heterocycles. The van der Waals surface area contributed by atoms with Crippen LogP contribution < -0.4 is 5.32 Å². The molecule has 2 aliphatic rings. The Morgan fingerprint density at radius 1 is 0.875 bits per heavy atom. The van der Waals surface area contributed by atoms with Crippen molar-refractivity contribution in [3.05, 3.63) is 124 Å². The van der Waals surface area contributed by atoms with E-state index in [0.29, 0.717) is 22.1 Å². The first-order valence-electron chi connectivity index (χ1n) is 11.0. The van der Waals surface area contributed by atoms with Crippen LogP contribution in [0, 0.1) is 5.92 Å². The quantitative estimate of drug-likeness (QED) is 0.266. The van der Waals surface area contributed by atoms with Gasteiger partial charge in [-0.3, -0.25) is 4.79 Å². The molecular formula is C29H22ClNO. The monoisotopic (exact) mass is 435 g/mol. The number of nitrogens with one attached hydrogen (secondary N) is 1. The highest BCUT2D eigenvalue weighted by Crippen LogP contribution is 2.52. The summed E-state index contributed by atoms with van der Waals surface area (Å²) in [5.41, 5.74) is 4.62. The van der Waals surface area contributed by atoms with Crippen LogP contribution in [-0.2, 0) is 0 Å². The van der Waals surface area contributed by atoms with Crippen molar-refractivity contribution in [2.24, 2.45) is 5.92 Å². The van der Waals surface area contributed by atoms with Crippen LogP contribution in [0.1, 0.15) is 45.4 Å². The summed E-state index contributed by atoms with van der Waals surface area (Å²) in [5.74, 6) is 0.608. The number of carbonyl (C=O) groups excluding carboxylic acids is 1. The third kappa shape index (κ3) is 3.06. The van der Waals surface area contributed by atoms with Crippen LogP contribution in [0.4, 0.5) is 5.69 Å².